The Morgan fingerprint density at radius 1 is 1.31 bits per heavy atom. The van der Waals surface area contributed by atoms with Crippen LogP contribution in [0.25, 0.3) is 9.88 Å². The number of aryl methyl sites for hydroxylation is 2. The van der Waals surface area contributed by atoms with Crippen molar-refractivity contribution in [1.82, 2.24) is 4.98 Å². The summed E-state index contributed by atoms with van der Waals surface area (Å²) in [5.41, 5.74) is 1.05. The number of hydrogen-bond acceptors (Lipinski definition) is 5. The van der Waals surface area contributed by atoms with Gasteiger partial charge < -0.3 is 4.74 Å². The Kier molecular flexibility index (Phi) is 3.07. The van der Waals surface area contributed by atoms with Crippen molar-refractivity contribution in [2.24, 2.45) is 0 Å². The molecule has 0 radical (unpaired) electrons. The molecule has 2 rings (SSSR count). The van der Waals surface area contributed by atoms with Crippen LogP contribution in [0.4, 0.5) is 0 Å². The molecule has 0 aromatic carbocycles. The number of thiazole rings is 1. The predicted molar refractivity (Wildman–Crippen MR) is 66.2 cm³/mol. The lowest BCUT2D eigenvalue weighted by Gasteiger charge is -1.91. The first-order valence-corrected chi connectivity index (χ1v) is 6.37. The van der Waals surface area contributed by atoms with Crippen molar-refractivity contribution < 1.29 is 9.53 Å². The number of esters is 1. The van der Waals surface area contributed by atoms with Crippen molar-refractivity contribution in [3.8, 4) is 9.88 Å². The Balaban J connectivity index is 2.35. The predicted octanol–water partition coefficient (Wildman–Crippen LogP) is 3.28. The third kappa shape index (κ3) is 2.01. The molecule has 0 N–H and O–H groups in total. The third-order valence-corrected chi connectivity index (χ3v) is 4.54. The first-order valence-electron chi connectivity index (χ1n) is 4.74. The number of nitrogens with zero attached hydrogens (tertiary/aromatic N) is 1. The van der Waals surface area contributed by atoms with Gasteiger partial charge in [-0.2, -0.15) is 0 Å². The summed E-state index contributed by atoms with van der Waals surface area (Å²) in [6.45, 7) is 4.04. The van der Waals surface area contributed by atoms with Gasteiger partial charge in [0, 0.05) is 4.88 Å². The molecule has 0 aliphatic rings. The van der Waals surface area contributed by atoms with Gasteiger partial charge in [-0.1, -0.05) is 0 Å². The number of methoxy groups -OCH3 is 1. The minimum atomic E-state index is -0.291. The summed E-state index contributed by atoms with van der Waals surface area (Å²) in [4.78, 5) is 18.6. The highest BCUT2D eigenvalue weighted by molar-refractivity contribution is 7.22. The summed E-state index contributed by atoms with van der Waals surface area (Å²) in [6, 6.07) is 3.69. The van der Waals surface area contributed by atoms with E-state index in [0.717, 1.165) is 15.6 Å². The highest BCUT2D eigenvalue weighted by Crippen LogP contribution is 2.32. The van der Waals surface area contributed by atoms with Crippen molar-refractivity contribution >= 4 is 28.6 Å². The van der Waals surface area contributed by atoms with Crippen LogP contribution in [-0.2, 0) is 4.74 Å². The zero-order chi connectivity index (χ0) is 11.7. The minimum Gasteiger partial charge on any atom is -0.465 e. The lowest BCUT2D eigenvalue weighted by atomic mass is 10.4. The second-order valence-electron chi connectivity index (χ2n) is 3.32. The summed E-state index contributed by atoms with van der Waals surface area (Å²) < 4.78 is 4.67. The van der Waals surface area contributed by atoms with E-state index in [-0.39, 0.29) is 5.97 Å². The number of hydrogen-bond donors (Lipinski definition) is 0. The summed E-state index contributed by atoms with van der Waals surface area (Å²) in [5, 5.41) is 0.968. The molecule has 0 atom stereocenters. The molecule has 0 saturated carbocycles. The fraction of sp³-hybridized carbons (Fsp3) is 0.273. The second kappa shape index (κ2) is 4.35. The lowest BCUT2D eigenvalue weighted by molar-refractivity contribution is 0.0606. The third-order valence-electron chi connectivity index (χ3n) is 2.23. The molecule has 5 heteroatoms. The lowest BCUT2D eigenvalue weighted by Crippen LogP contribution is -1.96. The minimum absolute atomic E-state index is 0.291. The largest absolute Gasteiger partial charge is 0.465 e. The van der Waals surface area contributed by atoms with Crippen molar-refractivity contribution in [2.45, 2.75) is 13.8 Å². The molecular formula is C11H11NO2S2. The molecule has 16 heavy (non-hydrogen) atoms. The van der Waals surface area contributed by atoms with Crippen molar-refractivity contribution in [1.29, 1.82) is 0 Å². The summed E-state index contributed by atoms with van der Waals surface area (Å²) >= 11 is 3.06. The van der Waals surface area contributed by atoms with Gasteiger partial charge in [0.2, 0.25) is 0 Å². The van der Waals surface area contributed by atoms with Crippen LogP contribution in [0.15, 0.2) is 12.1 Å². The topological polar surface area (TPSA) is 39.2 Å². The smallest absolute Gasteiger partial charge is 0.348 e. The standard InChI is InChI=1S/C11H11NO2S2/c1-6-7(2)15-10(12-6)8-4-5-9(16-8)11(13)14-3/h4-5H,1-3H3. The van der Waals surface area contributed by atoms with Crippen molar-refractivity contribution in [3.63, 3.8) is 0 Å². The molecule has 2 aromatic heterocycles. The highest BCUT2D eigenvalue weighted by atomic mass is 32.1. The average molecular weight is 253 g/mol. The Bertz CT molecular complexity index is 508. The average Bonchev–Trinajstić information content (AvgIpc) is 2.86. The molecule has 0 spiro atoms. The number of thiophene rings is 1. The van der Waals surface area contributed by atoms with E-state index >= 15 is 0 Å². The Hall–Kier alpha value is -1.20. The summed E-state index contributed by atoms with van der Waals surface area (Å²) in [5.74, 6) is -0.291. The van der Waals surface area contributed by atoms with E-state index in [0.29, 0.717) is 4.88 Å². The van der Waals surface area contributed by atoms with Crippen LogP contribution in [0, 0.1) is 13.8 Å². The van der Waals surface area contributed by atoms with Gasteiger partial charge in [0.05, 0.1) is 17.7 Å². The molecule has 2 heterocycles. The van der Waals surface area contributed by atoms with Gasteiger partial charge in [-0.05, 0) is 26.0 Å². The molecule has 0 fully saturated rings. The number of carbonyl (C=O) groups excluding carboxylic acids is 1. The first-order chi connectivity index (χ1) is 7.61. The number of ether oxygens (including phenoxy) is 1. The van der Waals surface area contributed by atoms with Crippen molar-refractivity contribution in [2.75, 3.05) is 7.11 Å². The highest BCUT2D eigenvalue weighted by Gasteiger charge is 2.13. The monoisotopic (exact) mass is 253 g/mol. The van der Waals surface area contributed by atoms with Gasteiger partial charge in [0.15, 0.2) is 0 Å². The Morgan fingerprint density at radius 3 is 2.62 bits per heavy atom. The van der Waals surface area contributed by atoms with E-state index in [2.05, 4.69) is 9.72 Å². The summed E-state index contributed by atoms with van der Waals surface area (Å²) in [6.07, 6.45) is 0. The maximum Gasteiger partial charge on any atom is 0.348 e. The molecule has 0 aliphatic heterocycles. The maximum absolute atomic E-state index is 11.3. The van der Waals surface area contributed by atoms with Crippen LogP contribution >= 0.6 is 22.7 Å². The quantitative estimate of drug-likeness (QED) is 0.771. The van der Waals surface area contributed by atoms with Crippen LogP contribution in [-0.4, -0.2) is 18.1 Å². The molecule has 0 aliphatic carbocycles. The molecule has 0 amide bonds. The van der Waals surface area contributed by atoms with E-state index < -0.39 is 0 Å². The number of rotatable bonds is 2. The molecule has 0 saturated heterocycles. The van der Waals surface area contributed by atoms with Crippen LogP contribution in [0.3, 0.4) is 0 Å². The zero-order valence-electron chi connectivity index (χ0n) is 9.23. The van der Waals surface area contributed by atoms with E-state index in [9.17, 15) is 4.79 Å². The fourth-order valence-corrected chi connectivity index (χ4v) is 3.13. The van der Waals surface area contributed by atoms with Crippen molar-refractivity contribution in [3.05, 3.63) is 27.6 Å². The van der Waals surface area contributed by atoms with Gasteiger partial charge in [-0.15, -0.1) is 22.7 Å². The molecular weight excluding hydrogens is 242 g/mol. The van der Waals surface area contributed by atoms with Gasteiger partial charge in [0.25, 0.3) is 0 Å². The molecule has 3 nitrogen and oxygen atoms in total. The van der Waals surface area contributed by atoms with Gasteiger partial charge >= 0.3 is 5.97 Å². The molecule has 84 valence electrons. The molecule has 0 unspecified atom stereocenters. The van der Waals surface area contributed by atoms with E-state index in [1.807, 2.05) is 19.9 Å². The van der Waals surface area contributed by atoms with Crippen LogP contribution in [0.5, 0.6) is 0 Å². The molecule has 2 aromatic rings. The molecule has 0 bridgehead atoms. The van der Waals surface area contributed by atoms with Gasteiger partial charge in [0.1, 0.15) is 9.88 Å². The maximum atomic E-state index is 11.3. The normalized spacial score (nSPS) is 10.4. The zero-order valence-corrected chi connectivity index (χ0v) is 10.9. The SMILES string of the molecule is COC(=O)c1ccc(-c2nc(C)c(C)s2)s1. The summed E-state index contributed by atoms with van der Waals surface area (Å²) in [7, 11) is 1.39. The second-order valence-corrected chi connectivity index (χ2v) is 5.60. The Morgan fingerprint density at radius 2 is 2.06 bits per heavy atom. The van der Waals surface area contributed by atoms with Crippen LogP contribution < -0.4 is 0 Å². The van der Waals surface area contributed by atoms with E-state index in [4.69, 9.17) is 0 Å². The van der Waals surface area contributed by atoms with E-state index in [1.165, 1.54) is 23.3 Å². The van der Waals surface area contributed by atoms with Gasteiger partial charge in [-0.3, -0.25) is 0 Å². The van der Waals surface area contributed by atoms with Crippen LogP contribution in [0.2, 0.25) is 0 Å². The van der Waals surface area contributed by atoms with Gasteiger partial charge in [-0.25, -0.2) is 9.78 Å². The van der Waals surface area contributed by atoms with Crippen LogP contribution in [0.1, 0.15) is 20.2 Å². The fourth-order valence-electron chi connectivity index (χ4n) is 1.24. The first kappa shape index (κ1) is 11.3. The van der Waals surface area contributed by atoms with E-state index in [1.54, 1.807) is 17.4 Å². The Labute approximate surface area is 102 Å². The number of carbonyl (C=O) groups is 1. The number of aromatic nitrogens is 1.